The monoisotopic (exact) mass is 224 g/mol. The number of hydrogen-bond donors (Lipinski definition) is 0. The SMILES string of the molecule is CCC=CC(C)(C)CC(C)(C(C)=O)C(C)C. The molecule has 0 heterocycles. The van der Waals surface area contributed by atoms with Gasteiger partial charge < -0.3 is 0 Å². The molecule has 0 saturated carbocycles. The van der Waals surface area contributed by atoms with Crippen molar-refractivity contribution < 1.29 is 4.79 Å². The van der Waals surface area contributed by atoms with Crippen LogP contribution in [0.3, 0.4) is 0 Å². The van der Waals surface area contributed by atoms with E-state index in [4.69, 9.17) is 0 Å². The summed E-state index contributed by atoms with van der Waals surface area (Å²) in [5, 5.41) is 0. The molecule has 94 valence electrons. The molecule has 1 nitrogen and oxygen atoms in total. The fourth-order valence-corrected chi connectivity index (χ4v) is 2.18. The van der Waals surface area contributed by atoms with Crippen LogP contribution in [-0.2, 0) is 4.79 Å². The van der Waals surface area contributed by atoms with Crippen LogP contribution in [0.15, 0.2) is 12.2 Å². The van der Waals surface area contributed by atoms with E-state index in [2.05, 4.69) is 53.7 Å². The third kappa shape index (κ3) is 4.11. The summed E-state index contributed by atoms with van der Waals surface area (Å²) >= 11 is 0. The zero-order valence-corrected chi connectivity index (χ0v) is 12.1. The van der Waals surface area contributed by atoms with Crippen LogP contribution < -0.4 is 0 Å². The lowest BCUT2D eigenvalue weighted by Crippen LogP contribution is -2.35. The molecule has 0 aliphatic carbocycles. The molecular weight excluding hydrogens is 196 g/mol. The molecule has 0 aromatic heterocycles. The molecule has 0 saturated heterocycles. The van der Waals surface area contributed by atoms with Gasteiger partial charge in [0.2, 0.25) is 0 Å². The van der Waals surface area contributed by atoms with Crippen molar-refractivity contribution in [1.29, 1.82) is 0 Å². The van der Waals surface area contributed by atoms with Gasteiger partial charge in [0.25, 0.3) is 0 Å². The van der Waals surface area contributed by atoms with Crippen molar-refractivity contribution in [3.8, 4) is 0 Å². The minimum atomic E-state index is -0.207. The molecule has 16 heavy (non-hydrogen) atoms. The fourth-order valence-electron chi connectivity index (χ4n) is 2.18. The first-order valence-corrected chi connectivity index (χ1v) is 6.34. The zero-order chi connectivity index (χ0) is 13.0. The highest BCUT2D eigenvalue weighted by atomic mass is 16.1. The molecular formula is C15H28O. The second-order valence-electron chi connectivity index (χ2n) is 6.10. The van der Waals surface area contributed by atoms with Crippen molar-refractivity contribution in [3.63, 3.8) is 0 Å². The molecule has 0 amide bonds. The topological polar surface area (TPSA) is 17.1 Å². The maximum absolute atomic E-state index is 11.8. The summed E-state index contributed by atoms with van der Waals surface area (Å²) < 4.78 is 0. The standard InChI is InChI=1S/C15H28O/c1-8-9-10-14(5,6)11-15(7,12(2)3)13(4)16/h9-10,12H,8,11H2,1-7H3. The predicted octanol–water partition coefficient (Wildman–Crippen LogP) is 4.62. The maximum Gasteiger partial charge on any atom is 0.135 e. The Kier molecular flexibility index (Phi) is 5.44. The largest absolute Gasteiger partial charge is 0.299 e. The van der Waals surface area contributed by atoms with Crippen LogP contribution in [-0.4, -0.2) is 5.78 Å². The van der Waals surface area contributed by atoms with E-state index in [1.54, 1.807) is 6.92 Å². The number of hydrogen-bond acceptors (Lipinski definition) is 1. The smallest absolute Gasteiger partial charge is 0.135 e. The molecule has 0 aliphatic rings. The van der Waals surface area contributed by atoms with Crippen LogP contribution in [0.5, 0.6) is 0 Å². The van der Waals surface area contributed by atoms with Crippen LogP contribution in [0.1, 0.15) is 61.3 Å². The van der Waals surface area contributed by atoms with Crippen LogP contribution in [0.25, 0.3) is 0 Å². The average Bonchev–Trinajstić information content (AvgIpc) is 2.13. The van der Waals surface area contributed by atoms with Gasteiger partial charge in [0.15, 0.2) is 0 Å². The van der Waals surface area contributed by atoms with E-state index in [1.807, 2.05) is 0 Å². The summed E-state index contributed by atoms with van der Waals surface area (Å²) in [5.41, 5.74) is -0.109. The third-order valence-corrected chi connectivity index (χ3v) is 3.71. The van der Waals surface area contributed by atoms with Crippen molar-refractivity contribution >= 4 is 5.78 Å². The predicted molar refractivity (Wildman–Crippen MR) is 71.5 cm³/mol. The van der Waals surface area contributed by atoms with E-state index < -0.39 is 0 Å². The van der Waals surface area contributed by atoms with Crippen LogP contribution in [0.4, 0.5) is 0 Å². The first kappa shape index (κ1) is 15.4. The van der Waals surface area contributed by atoms with E-state index in [0.29, 0.717) is 11.7 Å². The van der Waals surface area contributed by atoms with Crippen molar-refractivity contribution in [2.75, 3.05) is 0 Å². The lowest BCUT2D eigenvalue weighted by atomic mass is 9.66. The molecule has 0 bridgehead atoms. The number of Topliss-reactive ketones (excluding diaryl/α,β-unsaturated/α-hetero) is 1. The Balaban J connectivity index is 4.90. The minimum Gasteiger partial charge on any atom is -0.299 e. The van der Waals surface area contributed by atoms with Gasteiger partial charge in [-0.1, -0.05) is 53.7 Å². The Bertz CT molecular complexity index is 261. The summed E-state index contributed by atoms with van der Waals surface area (Å²) in [7, 11) is 0. The molecule has 0 N–H and O–H groups in total. The summed E-state index contributed by atoms with van der Waals surface area (Å²) in [6.07, 6.45) is 6.42. The van der Waals surface area contributed by atoms with E-state index >= 15 is 0 Å². The molecule has 0 aromatic rings. The van der Waals surface area contributed by atoms with Gasteiger partial charge in [-0.2, -0.15) is 0 Å². The number of carbonyl (C=O) groups is 1. The Morgan fingerprint density at radius 1 is 1.25 bits per heavy atom. The number of carbonyl (C=O) groups excluding carboxylic acids is 1. The van der Waals surface area contributed by atoms with Crippen molar-refractivity contribution in [1.82, 2.24) is 0 Å². The van der Waals surface area contributed by atoms with Gasteiger partial charge in [0.05, 0.1) is 0 Å². The van der Waals surface area contributed by atoms with Crippen molar-refractivity contribution in [3.05, 3.63) is 12.2 Å². The lowest BCUT2D eigenvalue weighted by Gasteiger charge is -2.37. The van der Waals surface area contributed by atoms with Gasteiger partial charge in [0, 0.05) is 5.41 Å². The molecule has 0 spiro atoms. The van der Waals surface area contributed by atoms with E-state index in [0.717, 1.165) is 12.8 Å². The molecule has 0 aromatic carbocycles. The molecule has 0 fully saturated rings. The number of allylic oxidation sites excluding steroid dienone is 2. The highest BCUT2D eigenvalue weighted by molar-refractivity contribution is 5.82. The first-order chi connectivity index (χ1) is 7.15. The summed E-state index contributed by atoms with van der Waals surface area (Å²) in [6.45, 7) is 14.7. The quantitative estimate of drug-likeness (QED) is 0.602. The van der Waals surface area contributed by atoms with Gasteiger partial charge >= 0.3 is 0 Å². The summed E-state index contributed by atoms with van der Waals surface area (Å²) in [4.78, 5) is 11.8. The Morgan fingerprint density at radius 3 is 2.06 bits per heavy atom. The molecule has 1 heteroatoms. The maximum atomic E-state index is 11.8. The van der Waals surface area contributed by atoms with Gasteiger partial charge in [-0.05, 0) is 31.1 Å². The third-order valence-electron chi connectivity index (χ3n) is 3.71. The Labute approximate surface area is 101 Å². The van der Waals surface area contributed by atoms with E-state index in [1.165, 1.54) is 0 Å². The normalized spacial score (nSPS) is 16.8. The number of ketones is 1. The lowest BCUT2D eigenvalue weighted by molar-refractivity contribution is -0.129. The van der Waals surface area contributed by atoms with Gasteiger partial charge in [-0.3, -0.25) is 4.79 Å². The number of rotatable bonds is 6. The van der Waals surface area contributed by atoms with Crippen LogP contribution in [0.2, 0.25) is 0 Å². The minimum absolute atomic E-state index is 0.0979. The van der Waals surface area contributed by atoms with E-state index in [-0.39, 0.29) is 10.8 Å². The Hall–Kier alpha value is -0.590. The molecule has 1 atom stereocenters. The van der Waals surface area contributed by atoms with E-state index in [9.17, 15) is 4.79 Å². The van der Waals surface area contributed by atoms with Crippen LogP contribution in [0, 0.1) is 16.7 Å². The molecule has 0 aliphatic heterocycles. The Morgan fingerprint density at radius 2 is 1.75 bits per heavy atom. The van der Waals surface area contributed by atoms with Crippen molar-refractivity contribution in [2.24, 2.45) is 16.7 Å². The highest BCUT2D eigenvalue weighted by Gasteiger charge is 2.37. The van der Waals surface area contributed by atoms with Gasteiger partial charge in [-0.15, -0.1) is 0 Å². The molecule has 0 radical (unpaired) electrons. The molecule has 1 unspecified atom stereocenters. The zero-order valence-electron chi connectivity index (χ0n) is 12.1. The second-order valence-corrected chi connectivity index (χ2v) is 6.10. The average molecular weight is 224 g/mol. The van der Waals surface area contributed by atoms with Gasteiger partial charge in [-0.25, -0.2) is 0 Å². The summed E-state index contributed by atoms with van der Waals surface area (Å²) in [5.74, 6) is 0.694. The first-order valence-electron chi connectivity index (χ1n) is 6.34. The fraction of sp³-hybridized carbons (Fsp3) is 0.800. The second kappa shape index (κ2) is 5.65. The molecule has 0 rings (SSSR count). The summed E-state index contributed by atoms with van der Waals surface area (Å²) in [6, 6.07) is 0. The van der Waals surface area contributed by atoms with Gasteiger partial charge in [0.1, 0.15) is 5.78 Å². The van der Waals surface area contributed by atoms with Crippen molar-refractivity contribution in [2.45, 2.75) is 61.3 Å². The van der Waals surface area contributed by atoms with Crippen LogP contribution >= 0.6 is 0 Å². The highest BCUT2D eigenvalue weighted by Crippen LogP contribution is 2.41.